The predicted octanol–water partition coefficient (Wildman–Crippen LogP) is 2.96. The van der Waals surface area contributed by atoms with Crippen molar-refractivity contribution in [1.29, 1.82) is 0 Å². The van der Waals surface area contributed by atoms with Crippen LogP contribution in [0.4, 0.5) is 0 Å². The molecule has 1 aromatic carbocycles. The number of nitrogens with zero attached hydrogens (tertiary/aromatic N) is 2. The Morgan fingerprint density at radius 2 is 2.00 bits per heavy atom. The molecule has 134 valence electrons. The molecule has 0 aliphatic carbocycles. The molecule has 1 unspecified atom stereocenters. The van der Waals surface area contributed by atoms with Gasteiger partial charge in [0.25, 0.3) is 0 Å². The average Bonchev–Trinajstić information content (AvgIpc) is 2.86. The second-order valence-corrected chi connectivity index (χ2v) is 13.3. The third-order valence-electron chi connectivity index (χ3n) is 4.17. The number of nitrogens with two attached hydrogens (primary N) is 2. The number of rotatable bonds is 10. The Bertz CT molecular complexity index is 635. The molecule has 2 rings (SSSR count). The molecule has 24 heavy (non-hydrogen) atoms. The van der Waals surface area contributed by atoms with E-state index in [2.05, 4.69) is 30.3 Å². The Hall–Kier alpha value is -1.21. The molecule has 4 N–H and O–H groups in total. The standard InChI is InChI=1S/C18H32N4OSi/c1-24(2,3)12-11-23-14-22-17-9-5-4-8-16(17)21-18(22)13-15(20)7-6-10-19/h4-5,8-9,15H,6-7,10-14,19-20H2,1-3H3. The van der Waals surface area contributed by atoms with E-state index in [1.807, 2.05) is 18.2 Å². The van der Waals surface area contributed by atoms with Gasteiger partial charge in [-0.3, -0.25) is 0 Å². The van der Waals surface area contributed by atoms with Crippen molar-refractivity contribution in [2.45, 2.75) is 57.7 Å². The summed E-state index contributed by atoms with van der Waals surface area (Å²) < 4.78 is 8.13. The minimum atomic E-state index is -1.07. The van der Waals surface area contributed by atoms with Gasteiger partial charge in [0.2, 0.25) is 0 Å². The first-order valence-electron chi connectivity index (χ1n) is 8.88. The zero-order valence-corrected chi connectivity index (χ0v) is 16.3. The van der Waals surface area contributed by atoms with Crippen molar-refractivity contribution in [1.82, 2.24) is 9.55 Å². The maximum atomic E-state index is 6.25. The molecule has 0 bridgehead atoms. The molecule has 0 saturated carbocycles. The molecule has 0 saturated heterocycles. The van der Waals surface area contributed by atoms with Gasteiger partial charge in [0.05, 0.1) is 11.0 Å². The summed E-state index contributed by atoms with van der Waals surface area (Å²) in [4.78, 5) is 4.77. The van der Waals surface area contributed by atoms with Crippen LogP contribution in [-0.2, 0) is 17.9 Å². The van der Waals surface area contributed by atoms with Crippen molar-refractivity contribution in [3.8, 4) is 0 Å². The zero-order chi connectivity index (χ0) is 17.6. The SMILES string of the molecule is C[Si](C)(C)CCOCn1c(CC(N)CCCN)nc2ccccc21. The molecule has 1 heterocycles. The Balaban J connectivity index is 2.08. The van der Waals surface area contributed by atoms with Crippen LogP contribution in [0.15, 0.2) is 24.3 Å². The van der Waals surface area contributed by atoms with E-state index in [1.165, 1.54) is 6.04 Å². The lowest BCUT2D eigenvalue weighted by molar-refractivity contribution is 0.0877. The lowest BCUT2D eigenvalue weighted by Crippen LogP contribution is -2.26. The van der Waals surface area contributed by atoms with Gasteiger partial charge in [0.15, 0.2) is 0 Å². The fraction of sp³-hybridized carbons (Fsp3) is 0.611. The maximum absolute atomic E-state index is 6.25. The van der Waals surface area contributed by atoms with E-state index in [0.717, 1.165) is 42.7 Å². The first-order chi connectivity index (χ1) is 11.4. The molecule has 0 aliphatic heterocycles. The summed E-state index contributed by atoms with van der Waals surface area (Å²) >= 11 is 0. The summed E-state index contributed by atoms with van der Waals surface area (Å²) in [5.74, 6) is 1.01. The van der Waals surface area contributed by atoms with Gasteiger partial charge < -0.3 is 20.8 Å². The second-order valence-electron chi connectivity index (χ2n) is 7.69. The van der Waals surface area contributed by atoms with Crippen molar-refractivity contribution in [2.24, 2.45) is 11.5 Å². The smallest absolute Gasteiger partial charge is 0.124 e. The van der Waals surface area contributed by atoms with Gasteiger partial charge in [-0.2, -0.15) is 0 Å². The monoisotopic (exact) mass is 348 g/mol. The molecule has 5 nitrogen and oxygen atoms in total. The van der Waals surface area contributed by atoms with E-state index in [1.54, 1.807) is 0 Å². The molecule has 0 fully saturated rings. The fourth-order valence-electron chi connectivity index (χ4n) is 2.68. The van der Waals surface area contributed by atoms with Gasteiger partial charge >= 0.3 is 0 Å². The van der Waals surface area contributed by atoms with Crippen molar-refractivity contribution >= 4 is 19.1 Å². The quantitative estimate of drug-likeness (QED) is 0.511. The van der Waals surface area contributed by atoms with Gasteiger partial charge in [0.1, 0.15) is 12.6 Å². The van der Waals surface area contributed by atoms with Crippen LogP contribution in [-0.4, -0.2) is 36.8 Å². The minimum absolute atomic E-state index is 0.0890. The molecule has 0 aliphatic rings. The number of benzene rings is 1. The van der Waals surface area contributed by atoms with E-state index >= 15 is 0 Å². The first kappa shape index (κ1) is 19.1. The minimum Gasteiger partial charge on any atom is -0.361 e. The highest BCUT2D eigenvalue weighted by molar-refractivity contribution is 6.76. The fourth-order valence-corrected chi connectivity index (χ4v) is 3.43. The summed E-state index contributed by atoms with van der Waals surface area (Å²) in [5, 5.41) is 0. The molecule has 0 amide bonds. The lowest BCUT2D eigenvalue weighted by atomic mass is 10.1. The average molecular weight is 349 g/mol. The number of ether oxygens (including phenoxy) is 1. The van der Waals surface area contributed by atoms with Gasteiger partial charge in [0, 0.05) is 27.1 Å². The lowest BCUT2D eigenvalue weighted by Gasteiger charge is -2.17. The van der Waals surface area contributed by atoms with Gasteiger partial charge in [-0.15, -0.1) is 0 Å². The topological polar surface area (TPSA) is 79.1 Å². The number of para-hydroxylation sites is 2. The van der Waals surface area contributed by atoms with E-state index < -0.39 is 8.07 Å². The molecular formula is C18H32N4OSi. The molecule has 0 spiro atoms. The molecule has 2 aromatic rings. The Morgan fingerprint density at radius 3 is 2.71 bits per heavy atom. The number of imidazole rings is 1. The predicted molar refractivity (Wildman–Crippen MR) is 104 cm³/mol. The van der Waals surface area contributed by atoms with Crippen LogP contribution in [0.5, 0.6) is 0 Å². The molecule has 6 heteroatoms. The molecule has 1 aromatic heterocycles. The van der Waals surface area contributed by atoms with Gasteiger partial charge in [-0.1, -0.05) is 31.8 Å². The summed E-state index contributed by atoms with van der Waals surface area (Å²) in [6.45, 7) is 9.13. The Morgan fingerprint density at radius 1 is 1.25 bits per heavy atom. The summed E-state index contributed by atoms with van der Waals surface area (Å²) in [6, 6.07) is 9.46. The summed E-state index contributed by atoms with van der Waals surface area (Å²) in [5.41, 5.74) is 14.0. The van der Waals surface area contributed by atoms with Gasteiger partial charge in [-0.05, 0) is 37.6 Å². The Kier molecular flexibility index (Phi) is 6.98. The highest BCUT2D eigenvalue weighted by Gasteiger charge is 2.15. The van der Waals surface area contributed by atoms with Crippen LogP contribution in [0.1, 0.15) is 18.7 Å². The van der Waals surface area contributed by atoms with E-state index in [0.29, 0.717) is 13.3 Å². The Labute approximate surface area is 146 Å². The number of hydrogen-bond acceptors (Lipinski definition) is 4. The maximum Gasteiger partial charge on any atom is 0.124 e. The summed E-state index contributed by atoms with van der Waals surface area (Å²) in [6.07, 6.45) is 2.64. The van der Waals surface area contributed by atoms with Crippen LogP contribution in [0.2, 0.25) is 25.7 Å². The van der Waals surface area contributed by atoms with Gasteiger partial charge in [-0.25, -0.2) is 4.98 Å². The third kappa shape index (κ3) is 5.70. The zero-order valence-electron chi connectivity index (χ0n) is 15.3. The van der Waals surface area contributed by atoms with Crippen LogP contribution >= 0.6 is 0 Å². The van der Waals surface area contributed by atoms with Crippen molar-refractivity contribution in [2.75, 3.05) is 13.2 Å². The summed E-state index contributed by atoms with van der Waals surface area (Å²) in [7, 11) is -1.07. The van der Waals surface area contributed by atoms with Crippen molar-refractivity contribution in [3.05, 3.63) is 30.1 Å². The van der Waals surface area contributed by atoms with E-state index in [9.17, 15) is 0 Å². The second kappa shape index (κ2) is 8.76. The highest BCUT2D eigenvalue weighted by atomic mass is 28.3. The number of aromatic nitrogens is 2. The third-order valence-corrected chi connectivity index (χ3v) is 5.88. The number of hydrogen-bond donors (Lipinski definition) is 2. The molecular weight excluding hydrogens is 316 g/mol. The largest absolute Gasteiger partial charge is 0.361 e. The highest BCUT2D eigenvalue weighted by Crippen LogP contribution is 2.18. The van der Waals surface area contributed by atoms with Crippen LogP contribution in [0, 0.1) is 0 Å². The first-order valence-corrected chi connectivity index (χ1v) is 12.6. The number of fused-ring (bicyclic) bond motifs is 1. The van der Waals surface area contributed by atoms with E-state index in [-0.39, 0.29) is 6.04 Å². The van der Waals surface area contributed by atoms with E-state index in [4.69, 9.17) is 21.2 Å². The van der Waals surface area contributed by atoms with Crippen molar-refractivity contribution in [3.63, 3.8) is 0 Å². The molecule has 0 radical (unpaired) electrons. The van der Waals surface area contributed by atoms with Crippen LogP contribution < -0.4 is 11.5 Å². The van der Waals surface area contributed by atoms with Crippen LogP contribution in [0.25, 0.3) is 11.0 Å². The van der Waals surface area contributed by atoms with Crippen molar-refractivity contribution < 1.29 is 4.74 Å². The van der Waals surface area contributed by atoms with Crippen LogP contribution in [0.3, 0.4) is 0 Å². The normalized spacial score (nSPS) is 13.5. The molecule has 1 atom stereocenters.